The largest absolute Gasteiger partial charge is 0.508 e. The molecule has 0 spiro atoms. The highest BCUT2D eigenvalue weighted by Gasteiger charge is 2.16. The van der Waals surface area contributed by atoms with Crippen LogP contribution in [0.2, 0.25) is 0 Å². The monoisotopic (exact) mass is 274 g/mol. The fourth-order valence-electron chi connectivity index (χ4n) is 1.81. The SMILES string of the molecule is COc1cc(OC)cc(C(=O)c2ccc(O)cc2O)c1. The maximum absolute atomic E-state index is 12.4. The maximum Gasteiger partial charge on any atom is 0.197 e. The first kappa shape index (κ1) is 13.7. The number of ether oxygens (including phenoxy) is 2. The Kier molecular flexibility index (Phi) is 3.79. The summed E-state index contributed by atoms with van der Waals surface area (Å²) in [5.41, 5.74) is 0.417. The zero-order valence-electron chi connectivity index (χ0n) is 11.1. The molecule has 0 aliphatic heterocycles. The Balaban J connectivity index is 2.47. The summed E-state index contributed by atoms with van der Waals surface area (Å²) in [6.07, 6.45) is 0. The van der Waals surface area contributed by atoms with E-state index in [9.17, 15) is 15.0 Å². The molecule has 2 N–H and O–H groups in total. The van der Waals surface area contributed by atoms with E-state index in [2.05, 4.69) is 0 Å². The number of aromatic hydroxyl groups is 2. The second-order valence-corrected chi connectivity index (χ2v) is 4.13. The quantitative estimate of drug-likeness (QED) is 0.837. The molecule has 2 aromatic rings. The van der Waals surface area contributed by atoms with Crippen molar-refractivity contribution in [2.45, 2.75) is 0 Å². The third-order valence-electron chi connectivity index (χ3n) is 2.84. The van der Waals surface area contributed by atoms with Gasteiger partial charge in [0.05, 0.1) is 19.8 Å². The summed E-state index contributed by atoms with van der Waals surface area (Å²) in [4.78, 5) is 12.4. The van der Waals surface area contributed by atoms with Gasteiger partial charge in [-0.1, -0.05) is 0 Å². The number of hydrogen-bond acceptors (Lipinski definition) is 5. The van der Waals surface area contributed by atoms with E-state index in [-0.39, 0.29) is 22.8 Å². The van der Waals surface area contributed by atoms with Crippen LogP contribution in [0.15, 0.2) is 36.4 Å². The highest BCUT2D eigenvalue weighted by Crippen LogP contribution is 2.28. The average molecular weight is 274 g/mol. The number of methoxy groups -OCH3 is 2. The van der Waals surface area contributed by atoms with Gasteiger partial charge in [-0.3, -0.25) is 4.79 Å². The first-order valence-corrected chi connectivity index (χ1v) is 5.85. The second-order valence-electron chi connectivity index (χ2n) is 4.13. The van der Waals surface area contributed by atoms with Crippen molar-refractivity contribution in [2.75, 3.05) is 14.2 Å². The molecule has 0 aliphatic carbocycles. The molecule has 0 atom stereocenters. The van der Waals surface area contributed by atoms with Gasteiger partial charge in [0.1, 0.15) is 23.0 Å². The van der Waals surface area contributed by atoms with E-state index in [1.807, 2.05) is 0 Å². The van der Waals surface area contributed by atoms with Crippen LogP contribution < -0.4 is 9.47 Å². The molecule has 0 saturated heterocycles. The van der Waals surface area contributed by atoms with Crippen LogP contribution in [0, 0.1) is 0 Å². The van der Waals surface area contributed by atoms with E-state index >= 15 is 0 Å². The van der Waals surface area contributed by atoms with Gasteiger partial charge in [0.15, 0.2) is 5.78 Å². The topological polar surface area (TPSA) is 76.0 Å². The van der Waals surface area contributed by atoms with E-state index in [0.29, 0.717) is 17.1 Å². The zero-order chi connectivity index (χ0) is 14.7. The van der Waals surface area contributed by atoms with E-state index in [1.165, 1.54) is 26.4 Å². The van der Waals surface area contributed by atoms with Crippen molar-refractivity contribution in [1.82, 2.24) is 0 Å². The van der Waals surface area contributed by atoms with Gasteiger partial charge in [-0.25, -0.2) is 0 Å². The van der Waals surface area contributed by atoms with Crippen LogP contribution >= 0.6 is 0 Å². The van der Waals surface area contributed by atoms with Crippen molar-refractivity contribution < 1.29 is 24.5 Å². The fraction of sp³-hybridized carbons (Fsp3) is 0.133. The molecule has 20 heavy (non-hydrogen) atoms. The van der Waals surface area contributed by atoms with Gasteiger partial charge in [0.25, 0.3) is 0 Å². The Labute approximate surface area is 116 Å². The Hall–Kier alpha value is -2.69. The second kappa shape index (κ2) is 5.52. The molecular weight excluding hydrogens is 260 g/mol. The first-order valence-electron chi connectivity index (χ1n) is 5.85. The summed E-state index contributed by atoms with van der Waals surface area (Å²) in [7, 11) is 2.97. The van der Waals surface area contributed by atoms with Crippen molar-refractivity contribution in [3.8, 4) is 23.0 Å². The lowest BCUT2D eigenvalue weighted by molar-refractivity contribution is 0.103. The van der Waals surface area contributed by atoms with Gasteiger partial charge in [-0.2, -0.15) is 0 Å². The molecule has 2 rings (SSSR count). The van der Waals surface area contributed by atoms with Gasteiger partial charge in [-0.15, -0.1) is 0 Å². The third-order valence-corrected chi connectivity index (χ3v) is 2.84. The normalized spacial score (nSPS) is 10.1. The number of phenols is 2. The van der Waals surface area contributed by atoms with E-state index in [1.54, 1.807) is 18.2 Å². The Morgan fingerprint density at radius 2 is 1.55 bits per heavy atom. The highest BCUT2D eigenvalue weighted by molar-refractivity contribution is 6.11. The minimum Gasteiger partial charge on any atom is -0.508 e. The number of phenolic OH excluding ortho intramolecular Hbond substituents is 2. The molecule has 0 radical (unpaired) electrons. The van der Waals surface area contributed by atoms with Crippen LogP contribution in [0.3, 0.4) is 0 Å². The van der Waals surface area contributed by atoms with Crippen LogP contribution in [0.25, 0.3) is 0 Å². The predicted octanol–water partition coefficient (Wildman–Crippen LogP) is 2.35. The predicted molar refractivity (Wildman–Crippen MR) is 72.8 cm³/mol. The molecule has 0 amide bonds. The lowest BCUT2D eigenvalue weighted by atomic mass is 10.0. The van der Waals surface area contributed by atoms with Crippen molar-refractivity contribution in [3.05, 3.63) is 47.5 Å². The van der Waals surface area contributed by atoms with Gasteiger partial charge >= 0.3 is 0 Å². The average Bonchev–Trinajstić information content (AvgIpc) is 2.46. The van der Waals surface area contributed by atoms with Crippen LogP contribution in [-0.4, -0.2) is 30.2 Å². The number of hydrogen-bond donors (Lipinski definition) is 2. The number of rotatable bonds is 4. The van der Waals surface area contributed by atoms with Crippen LogP contribution in [0.5, 0.6) is 23.0 Å². The summed E-state index contributed by atoms with van der Waals surface area (Å²) in [5.74, 6) is 0.177. The van der Waals surface area contributed by atoms with Crippen LogP contribution in [0.4, 0.5) is 0 Å². The minimum absolute atomic E-state index is 0.0955. The molecule has 5 nitrogen and oxygen atoms in total. The molecule has 2 aromatic carbocycles. The molecule has 104 valence electrons. The van der Waals surface area contributed by atoms with Gasteiger partial charge < -0.3 is 19.7 Å². The Bertz CT molecular complexity index is 626. The Morgan fingerprint density at radius 3 is 2.05 bits per heavy atom. The first-order chi connectivity index (χ1) is 9.55. The molecule has 0 fully saturated rings. The molecule has 0 heterocycles. The Morgan fingerprint density at radius 1 is 0.950 bits per heavy atom. The maximum atomic E-state index is 12.4. The summed E-state index contributed by atoms with van der Waals surface area (Å²) in [6.45, 7) is 0. The van der Waals surface area contributed by atoms with Crippen molar-refractivity contribution >= 4 is 5.78 Å². The molecule has 5 heteroatoms. The molecule has 0 saturated carbocycles. The minimum atomic E-state index is -0.389. The van der Waals surface area contributed by atoms with Crippen molar-refractivity contribution in [2.24, 2.45) is 0 Å². The molecule has 0 bridgehead atoms. The molecule has 0 aromatic heterocycles. The zero-order valence-corrected chi connectivity index (χ0v) is 11.1. The molecule has 0 unspecified atom stereocenters. The van der Waals surface area contributed by atoms with E-state index < -0.39 is 0 Å². The van der Waals surface area contributed by atoms with Crippen LogP contribution in [-0.2, 0) is 0 Å². The van der Waals surface area contributed by atoms with Crippen molar-refractivity contribution in [3.63, 3.8) is 0 Å². The smallest absolute Gasteiger partial charge is 0.197 e. The summed E-state index contributed by atoms with van der Waals surface area (Å²) in [6, 6.07) is 8.57. The summed E-state index contributed by atoms with van der Waals surface area (Å²) in [5, 5.41) is 19.0. The van der Waals surface area contributed by atoms with E-state index in [0.717, 1.165) is 6.07 Å². The van der Waals surface area contributed by atoms with E-state index in [4.69, 9.17) is 9.47 Å². The summed E-state index contributed by atoms with van der Waals surface area (Å²) >= 11 is 0. The molecule has 0 aliphatic rings. The van der Waals surface area contributed by atoms with Crippen molar-refractivity contribution in [1.29, 1.82) is 0 Å². The highest BCUT2D eigenvalue weighted by atomic mass is 16.5. The van der Waals surface area contributed by atoms with Gasteiger partial charge in [-0.05, 0) is 24.3 Å². The van der Waals surface area contributed by atoms with Crippen LogP contribution in [0.1, 0.15) is 15.9 Å². The van der Waals surface area contributed by atoms with Gasteiger partial charge in [0, 0.05) is 17.7 Å². The van der Waals surface area contributed by atoms with Gasteiger partial charge in [0.2, 0.25) is 0 Å². The molecular formula is C15H14O5. The number of benzene rings is 2. The number of carbonyl (C=O) groups excluding carboxylic acids is 1. The lowest BCUT2D eigenvalue weighted by Gasteiger charge is -2.09. The lowest BCUT2D eigenvalue weighted by Crippen LogP contribution is -2.03. The fourth-order valence-corrected chi connectivity index (χ4v) is 1.81. The standard InChI is InChI=1S/C15H14O5/c1-19-11-5-9(6-12(8-11)20-2)15(18)13-4-3-10(16)7-14(13)17/h3-8,16-17H,1-2H3. The number of ketones is 1. The number of carbonyl (C=O) groups is 1. The summed E-state index contributed by atoms with van der Waals surface area (Å²) < 4.78 is 10.2. The third kappa shape index (κ3) is 2.66.